The minimum Gasteiger partial charge on any atom is -0.478 e. The standard InChI is InChI=1S/C23H18Cl2N2O4/c1-23(2,3)31-22(30)27-11-17(15-8-12(24)5-7-20(15)27)19-10-16(21(28)29)14-6-4-13(25)9-18(14)26-19/h4-11H,1-3H3,(H,28,29). The van der Waals surface area contributed by atoms with Crippen LogP contribution in [0.25, 0.3) is 33.1 Å². The van der Waals surface area contributed by atoms with E-state index < -0.39 is 17.7 Å². The van der Waals surface area contributed by atoms with Gasteiger partial charge in [0.05, 0.1) is 22.3 Å². The van der Waals surface area contributed by atoms with Crippen molar-refractivity contribution in [2.75, 3.05) is 0 Å². The van der Waals surface area contributed by atoms with Gasteiger partial charge in [-0.2, -0.15) is 0 Å². The van der Waals surface area contributed by atoms with Crippen molar-refractivity contribution in [2.45, 2.75) is 26.4 Å². The highest BCUT2D eigenvalue weighted by molar-refractivity contribution is 6.32. The van der Waals surface area contributed by atoms with Crippen LogP contribution in [-0.2, 0) is 4.74 Å². The maximum Gasteiger partial charge on any atom is 0.419 e. The lowest BCUT2D eigenvalue weighted by Crippen LogP contribution is -2.26. The molecule has 4 rings (SSSR count). The predicted molar refractivity (Wildman–Crippen MR) is 121 cm³/mol. The summed E-state index contributed by atoms with van der Waals surface area (Å²) < 4.78 is 6.89. The maximum absolute atomic E-state index is 12.8. The van der Waals surface area contributed by atoms with Crippen molar-refractivity contribution in [3.05, 3.63) is 64.3 Å². The molecule has 0 radical (unpaired) electrons. The Morgan fingerprint density at radius 3 is 2.35 bits per heavy atom. The van der Waals surface area contributed by atoms with Crippen molar-refractivity contribution >= 4 is 57.1 Å². The van der Waals surface area contributed by atoms with Crippen molar-refractivity contribution in [3.8, 4) is 11.3 Å². The van der Waals surface area contributed by atoms with Gasteiger partial charge in [0.15, 0.2) is 0 Å². The molecule has 0 saturated carbocycles. The third kappa shape index (κ3) is 4.09. The summed E-state index contributed by atoms with van der Waals surface area (Å²) in [6, 6.07) is 11.4. The lowest BCUT2D eigenvalue weighted by molar-refractivity contribution is 0.0544. The van der Waals surface area contributed by atoms with Gasteiger partial charge in [0, 0.05) is 32.6 Å². The number of benzene rings is 2. The lowest BCUT2D eigenvalue weighted by Gasteiger charge is -2.19. The molecule has 0 saturated heterocycles. The first-order valence-electron chi connectivity index (χ1n) is 9.41. The van der Waals surface area contributed by atoms with Crippen molar-refractivity contribution in [1.82, 2.24) is 9.55 Å². The molecule has 0 spiro atoms. The number of rotatable bonds is 2. The summed E-state index contributed by atoms with van der Waals surface area (Å²) in [5, 5.41) is 11.8. The molecule has 2 aromatic heterocycles. The highest BCUT2D eigenvalue weighted by atomic mass is 35.5. The molecule has 0 aliphatic rings. The fraction of sp³-hybridized carbons (Fsp3) is 0.174. The van der Waals surface area contributed by atoms with Crippen LogP contribution in [0.4, 0.5) is 4.79 Å². The second-order valence-electron chi connectivity index (χ2n) is 8.08. The van der Waals surface area contributed by atoms with Crippen LogP contribution >= 0.6 is 23.2 Å². The minimum atomic E-state index is -1.09. The fourth-order valence-corrected chi connectivity index (χ4v) is 3.72. The van der Waals surface area contributed by atoms with Gasteiger partial charge in [0.2, 0.25) is 0 Å². The molecule has 0 bridgehead atoms. The summed E-state index contributed by atoms with van der Waals surface area (Å²) in [5.74, 6) is -1.09. The Bertz CT molecular complexity index is 1370. The second kappa shape index (κ2) is 7.55. The largest absolute Gasteiger partial charge is 0.478 e. The van der Waals surface area contributed by atoms with Crippen LogP contribution in [-0.4, -0.2) is 32.3 Å². The Morgan fingerprint density at radius 1 is 1.00 bits per heavy atom. The van der Waals surface area contributed by atoms with Gasteiger partial charge in [-0.15, -0.1) is 0 Å². The molecule has 0 atom stereocenters. The smallest absolute Gasteiger partial charge is 0.419 e. The zero-order valence-electron chi connectivity index (χ0n) is 16.9. The molecule has 0 unspecified atom stereocenters. The number of carboxylic acid groups (broad SMARTS) is 1. The number of halogens is 2. The van der Waals surface area contributed by atoms with Crippen molar-refractivity contribution in [1.29, 1.82) is 0 Å². The number of aromatic carboxylic acids is 1. The zero-order chi connectivity index (χ0) is 22.5. The quantitative estimate of drug-likeness (QED) is 0.365. The molecular formula is C23H18Cl2N2O4. The summed E-state index contributed by atoms with van der Waals surface area (Å²) in [7, 11) is 0. The van der Waals surface area contributed by atoms with E-state index in [1.54, 1.807) is 63.4 Å². The first-order valence-corrected chi connectivity index (χ1v) is 10.2. The van der Waals surface area contributed by atoms with Gasteiger partial charge in [-0.3, -0.25) is 4.57 Å². The number of hydrogen-bond acceptors (Lipinski definition) is 4. The zero-order valence-corrected chi connectivity index (χ0v) is 18.5. The van der Waals surface area contributed by atoms with Gasteiger partial charge in [-0.25, -0.2) is 14.6 Å². The third-order valence-electron chi connectivity index (χ3n) is 4.63. The molecule has 8 heteroatoms. The summed E-state index contributed by atoms with van der Waals surface area (Å²) >= 11 is 12.3. The van der Waals surface area contributed by atoms with E-state index in [1.807, 2.05) is 0 Å². The number of ether oxygens (including phenoxy) is 1. The van der Waals surface area contributed by atoms with Crippen LogP contribution < -0.4 is 0 Å². The van der Waals surface area contributed by atoms with E-state index in [0.29, 0.717) is 43.1 Å². The van der Waals surface area contributed by atoms with E-state index in [9.17, 15) is 14.7 Å². The number of carbonyl (C=O) groups excluding carboxylic acids is 1. The Hall–Kier alpha value is -3.09. The molecule has 6 nitrogen and oxygen atoms in total. The van der Waals surface area contributed by atoms with Gasteiger partial charge < -0.3 is 9.84 Å². The molecule has 31 heavy (non-hydrogen) atoms. The fourth-order valence-electron chi connectivity index (χ4n) is 3.39. The van der Waals surface area contributed by atoms with Crippen LogP contribution in [0.1, 0.15) is 31.1 Å². The monoisotopic (exact) mass is 456 g/mol. The normalized spacial score (nSPS) is 11.8. The van der Waals surface area contributed by atoms with E-state index in [-0.39, 0.29) is 5.56 Å². The molecule has 1 N–H and O–H groups in total. The van der Waals surface area contributed by atoms with E-state index in [0.717, 1.165) is 0 Å². The summed E-state index contributed by atoms with van der Waals surface area (Å²) in [6.07, 6.45) is 1.02. The number of aromatic nitrogens is 2. The number of hydrogen-bond donors (Lipinski definition) is 1. The number of carboxylic acids is 1. The molecule has 2 heterocycles. The number of pyridine rings is 1. The van der Waals surface area contributed by atoms with Crippen LogP contribution in [0.15, 0.2) is 48.7 Å². The molecule has 0 fully saturated rings. The lowest BCUT2D eigenvalue weighted by atomic mass is 10.0. The highest BCUT2D eigenvalue weighted by Crippen LogP contribution is 2.34. The van der Waals surface area contributed by atoms with E-state index in [2.05, 4.69) is 4.98 Å². The maximum atomic E-state index is 12.8. The van der Waals surface area contributed by atoms with Gasteiger partial charge in [-0.1, -0.05) is 29.3 Å². The Labute approximate surface area is 188 Å². The number of nitrogens with zero attached hydrogens (tertiary/aromatic N) is 2. The SMILES string of the molecule is CC(C)(C)OC(=O)n1cc(-c2cc(C(=O)O)c3ccc(Cl)cc3n2)c2cc(Cl)ccc21. The van der Waals surface area contributed by atoms with Crippen molar-refractivity contribution in [2.24, 2.45) is 0 Å². The summed E-state index contributed by atoms with van der Waals surface area (Å²) in [4.78, 5) is 29.3. The van der Waals surface area contributed by atoms with Gasteiger partial charge in [-0.05, 0) is 57.2 Å². The van der Waals surface area contributed by atoms with Crippen molar-refractivity contribution in [3.63, 3.8) is 0 Å². The predicted octanol–water partition coefficient (Wildman–Crippen LogP) is 6.64. The molecule has 158 valence electrons. The van der Waals surface area contributed by atoms with Crippen LogP contribution in [0, 0.1) is 0 Å². The second-order valence-corrected chi connectivity index (χ2v) is 8.95. The first kappa shape index (κ1) is 21.2. The average Bonchev–Trinajstić information content (AvgIpc) is 3.04. The van der Waals surface area contributed by atoms with Gasteiger partial charge >= 0.3 is 12.1 Å². The topological polar surface area (TPSA) is 81.4 Å². The van der Waals surface area contributed by atoms with E-state index in [4.69, 9.17) is 27.9 Å². The van der Waals surface area contributed by atoms with Crippen LogP contribution in [0.2, 0.25) is 10.0 Å². The van der Waals surface area contributed by atoms with E-state index in [1.165, 1.54) is 10.6 Å². The Kier molecular flexibility index (Phi) is 5.15. The minimum absolute atomic E-state index is 0.0804. The van der Waals surface area contributed by atoms with Crippen molar-refractivity contribution < 1.29 is 19.4 Å². The highest BCUT2D eigenvalue weighted by Gasteiger charge is 2.23. The van der Waals surface area contributed by atoms with Crippen LogP contribution in [0.3, 0.4) is 0 Å². The van der Waals surface area contributed by atoms with E-state index >= 15 is 0 Å². The number of fused-ring (bicyclic) bond motifs is 2. The molecule has 2 aromatic carbocycles. The summed E-state index contributed by atoms with van der Waals surface area (Å²) in [6.45, 7) is 5.34. The molecular weight excluding hydrogens is 439 g/mol. The molecule has 0 aliphatic heterocycles. The average molecular weight is 457 g/mol. The van der Waals surface area contributed by atoms with Crippen LogP contribution in [0.5, 0.6) is 0 Å². The van der Waals surface area contributed by atoms with Gasteiger partial charge in [0.25, 0.3) is 0 Å². The summed E-state index contributed by atoms with van der Waals surface area (Å²) in [5.41, 5.74) is 1.32. The number of carbonyl (C=O) groups is 2. The molecule has 4 aromatic rings. The van der Waals surface area contributed by atoms with Gasteiger partial charge in [0.1, 0.15) is 5.60 Å². The Balaban J connectivity index is 2.00. The molecule has 0 amide bonds. The molecule has 0 aliphatic carbocycles. The Morgan fingerprint density at radius 2 is 1.68 bits per heavy atom. The third-order valence-corrected chi connectivity index (χ3v) is 5.11. The first-order chi connectivity index (χ1) is 14.5.